The third-order valence-electron chi connectivity index (χ3n) is 4.43. The van der Waals surface area contributed by atoms with Gasteiger partial charge in [-0.05, 0) is 24.6 Å². The molecule has 0 aliphatic rings. The van der Waals surface area contributed by atoms with Crippen LogP contribution in [0.5, 0.6) is 11.5 Å². The van der Waals surface area contributed by atoms with E-state index in [2.05, 4.69) is 4.98 Å². The number of hydrogen-bond acceptors (Lipinski definition) is 6. The molecule has 0 spiro atoms. The number of thioether (sulfide) groups is 1. The van der Waals surface area contributed by atoms with Crippen LogP contribution in [0.25, 0.3) is 11.3 Å². The summed E-state index contributed by atoms with van der Waals surface area (Å²) >= 11 is 3.05. The third-order valence-corrected chi connectivity index (χ3v) is 6.43. The van der Waals surface area contributed by atoms with E-state index < -0.39 is 0 Å². The molecule has 0 aliphatic carbocycles. The molecule has 7 heteroatoms. The second-order valence-electron chi connectivity index (χ2n) is 6.25. The van der Waals surface area contributed by atoms with E-state index in [1.165, 1.54) is 11.8 Å². The molecule has 1 heterocycles. The van der Waals surface area contributed by atoms with Crippen molar-refractivity contribution in [2.24, 2.45) is 0 Å². The van der Waals surface area contributed by atoms with E-state index >= 15 is 0 Å². The van der Waals surface area contributed by atoms with Gasteiger partial charge in [0.1, 0.15) is 0 Å². The van der Waals surface area contributed by atoms with Crippen LogP contribution in [0, 0.1) is 0 Å². The normalized spacial score (nSPS) is 10.6. The van der Waals surface area contributed by atoms with Gasteiger partial charge in [0.15, 0.2) is 15.8 Å². The number of rotatable bonds is 9. The SMILES string of the molecule is CCN(Cc1ccc(OC)c(OC)c1)C(=O)CSc1nc(-c2ccccc2)cs1. The Balaban J connectivity index is 1.60. The summed E-state index contributed by atoms with van der Waals surface area (Å²) in [7, 11) is 3.22. The van der Waals surface area contributed by atoms with Gasteiger partial charge in [0, 0.05) is 24.0 Å². The van der Waals surface area contributed by atoms with Crippen molar-refractivity contribution in [3.05, 3.63) is 59.5 Å². The second-order valence-corrected chi connectivity index (χ2v) is 8.33. The maximum Gasteiger partial charge on any atom is 0.233 e. The summed E-state index contributed by atoms with van der Waals surface area (Å²) in [5, 5.41) is 2.03. The van der Waals surface area contributed by atoms with Gasteiger partial charge in [0.2, 0.25) is 5.91 Å². The quantitative estimate of drug-likeness (QED) is 0.451. The van der Waals surface area contributed by atoms with Crippen molar-refractivity contribution in [3.8, 4) is 22.8 Å². The topological polar surface area (TPSA) is 51.7 Å². The van der Waals surface area contributed by atoms with Crippen LogP contribution in [0.3, 0.4) is 0 Å². The zero-order chi connectivity index (χ0) is 20.6. The van der Waals surface area contributed by atoms with E-state index in [0.29, 0.717) is 30.3 Å². The lowest BCUT2D eigenvalue weighted by atomic mass is 10.2. The van der Waals surface area contributed by atoms with Crippen LogP contribution in [-0.2, 0) is 11.3 Å². The van der Waals surface area contributed by atoms with Crippen LogP contribution in [0.1, 0.15) is 12.5 Å². The minimum atomic E-state index is 0.0868. The smallest absolute Gasteiger partial charge is 0.233 e. The zero-order valence-corrected chi connectivity index (χ0v) is 18.4. The maximum absolute atomic E-state index is 12.7. The highest BCUT2D eigenvalue weighted by Crippen LogP contribution is 2.30. The van der Waals surface area contributed by atoms with E-state index in [4.69, 9.17) is 9.47 Å². The molecule has 0 fully saturated rings. The predicted octanol–water partition coefficient (Wildman–Crippen LogP) is 4.97. The number of methoxy groups -OCH3 is 2. The number of benzene rings is 2. The van der Waals surface area contributed by atoms with Crippen molar-refractivity contribution in [3.63, 3.8) is 0 Å². The van der Waals surface area contributed by atoms with Gasteiger partial charge in [-0.1, -0.05) is 48.2 Å². The van der Waals surface area contributed by atoms with Gasteiger partial charge in [-0.25, -0.2) is 4.98 Å². The number of amides is 1. The molecule has 0 saturated heterocycles. The van der Waals surface area contributed by atoms with Gasteiger partial charge in [0.05, 0.1) is 25.7 Å². The fraction of sp³-hybridized carbons (Fsp3) is 0.273. The molecule has 0 unspecified atom stereocenters. The minimum absolute atomic E-state index is 0.0868. The highest BCUT2D eigenvalue weighted by atomic mass is 32.2. The first-order valence-corrected chi connectivity index (χ1v) is 11.1. The first kappa shape index (κ1) is 21.2. The van der Waals surface area contributed by atoms with E-state index in [0.717, 1.165) is 21.2 Å². The Morgan fingerprint density at radius 3 is 2.55 bits per heavy atom. The maximum atomic E-state index is 12.7. The van der Waals surface area contributed by atoms with Crippen molar-refractivity contribution in [2.75, 3.05) is 26.5 Å². The Hall–Kier alpha value is -2.51. The Morgan fingerprint density at radius 1 is 1.10 bits per heavy atom. The lowest BCUT2D eigenvalue weighted by molar-refractivity contribution is -0.128. The van der Waals surface area contributed by atoms with Gasteiger partial charge >= 0.3 is 0 Å². The van der Waals surface area contributed by atoms with Gasteiger partial charge < -0.3 is 14.4 Å². The minimum Gasteiger partial charge on any atom is -0.493 e. The molecule has 0 bridgehead atoms. The lowest BCUT2D eigenvalue weighted by Gasteiger charge is -2.21. The monoisotopic (exact) mass is 428 g/mol. The molecule has 0 aliphatic heterocycles. The number of carbonyl (C=O) groups is 1. The van der Waals surface area contributed by atoms with E-state index in [1.54, 1.807) is 25.6 Å². The first-order chi connectivity index (χ1) is 14.1. The van der Waals surface area contributed by atoms with Gasteiger partial charge in [-0.3, -0.25) is 4.79 Å². The first-order valence-electron chi connectivity index (χ1n) is 9.27. The summed E-state index contributed by atoms with van der Waals surface area (Å²) in [6.07, 6.45) is 0. The molecule has 0 atom stereocenters. The van der Waals surface area contributed by atoms with Crippen LogP contribution < -0.4 is 9.47 Å². The molecule has 0 N–H and O–H groups in total. The standard InChI is InChI=1S/C22H24N2O3S2/c1-4-24(13-16-10-11-19(26-2)20(12-16)27-3)21(25)15-29-22-23-18(14-28-22)17-8-6-5-7-9-17/h5-12,14H,4,13,15H2,1-3H3. The molecule has 0 radical (unpaired) electrons. The summed E-state index contributed by atoms with van der Waals surface area (Å²) in [5.74, 6) is 1.80. The Morgan fingerprint density at radius 2 is 1.86 bits per heavy atom. The number of thiazole rings is 1. The number of nitrogens with zero attached hydrogens (tertiary/aromatic N) is 2. The molecule has 5 nitrogen and oxygen atoms in total. The van der Waals surface area contributed by atoms with Crippen molar-refractivity contribution < 1.29 is 14.3 Å². The summed E-state index contributed by atoms with van der Waals surface area (Å²) in [6.45, 7) is 3.16. The summed E-state index contributed by atoms with van der Waals surface area (Å²) < 4.78 is 11.5. The van der Waals surface area contributed by atoms with Crippen LogP contribution in [0.2, 0.25) is 0 Å². The molecular formula is C22H24N2O3S2. The molecule has 152 valence electrons. The molecule has 3 rings (SSSR count). The van der Waals surface area contributed by atoms with Gasteiger partial charge in [-0.2, -0.15) is 0 Å². The highest BCUT2D eigenvalue weighted by molar-refractivity contribution is 8.01. The third kappa shape index (κ3) is 5.52. The van der Waals surface area contributed by atoms with Crippen LogP contribution >= 0.6 is 23.1 Å². The van der Waals surface area contributed by atoms with Gasteiger partial charge in [0.25, 0.3) is 0 Å². The molecule has 3 aromatic rings. The molecular weight excluding hydrogens is 404 g/mol. The Labute approximate surface area is 179 Å². The van der Waals surface area contributed by atoms with Gasteiger partial charge in [-0.15, -0.1) is 11.3 Å². The molecule has 29 heavy (non-hydrogen) atoms. The fourth-order valence-corrected chi connectivity index (χ4v) is 4.59. The number of carbonyl (C=O) groups excluding carboxylic acids is 1. The lowest BCUT2D eigenvalue weighted by Crippen LogP contribution is -2.31. The highest BCUT2D eigenvalue weighted by Gasteiger charge is 2.15. The van der Waals surface area contributed by atoms with Crippen molar-refractivity contribution in [2.45, 2.75) is 17.8 Å². The molecule has 1 amide bonds. The van der Waals surface area contributed by atoms with Crippen molar-refractivity contribution >= 4 is 29.0 Å². The second kappa shape index (κ2) is 10.3. The number of ether oxygens (including phenoxy) is 2. The van der Waals surface area contributed by atoms with Crippen LogP contribution in [0.4, 0.5) is 0 Å². The zero-order valence-electron chi connectivity index (χ0n) is 16.8. The fourth-order valence-electron chi connectivity index (χ4n) is 2.86. The average Bonchev–Trinajstić information content (AvgIpc) is 3.25. The van der Waals surface area contributed by atoms with E-state index in [1.807, 2.05) is 65.7 Å². The summed E-state index contributed by atoms with van der Waals surface area (Å²) in [4.78, 5) is 19.2. The van der Waals surface area contributed by atoms with Crippen molar-refractivity contribution in [1.82, 2.24) is 9.88 Å². The summed E-state index contributed by atoms with van der Waals surface area (Å²) in [5.41, 5.74) is 3.04. The average molecular weight is 429 g/mol. The number of aromatic nitrogens is 1. The molecule has 0 saturated carbocycles. The predicted molar refractivity (Wildman–Crippen MR) is 119 cm³/mol. The van der Waals surface area contributed by atoms with Crippen LogP contribution in [-0.4, -0.2) is 42.3 Å². The Bertz CT molecular complexity index is 944. The molecule has 2 aromatic carbocycles. The molecule has 1 aromatic heterocycles. The van der Waals surface area contributed by atoms with E-state index in [9.17, 15) is 4.79 Å². The number of hydrogen-bond donors (Lipinski definition) is 0. The summed E-state index contributed by atoms with van der Waals surface area (Å²) in [6, 6.07) is 15.8. The van der Waals surface area contributed by atoms with Crippen LogP contribution in [0.15, 0.2) is 58.3 Å². The largest absolute Gasteiger partial charge is 0.493 e. The van der Waals surface area contributed by atoms with Crippen molar-refractivity contribution in [1.29, 1.82) is 0 Å². The Kier molecular flexibility index (Phi) is 7.55. The van der Waals surface area contributed by atoms with E-state index in [-0.39, 0.29) is 5.91 Å².